The molecule has 0 aliphatic carbocycles. The average Bonchev–Trinajstić information content (AvgIpc) is 3.10. The summed E-state index contributed by atoms with van der Waals surface area (Å²) in [6.07, 6.45) is 2.34. The molecule has 0 radical (unpaired) electrons. The van der Waals surface area contributed by atoms with Gasteiger partial charge in [-0.2, -0.15) is 5.10 Å². The van der Waals surface area contributed by atoms with Crippen LogP contribution in [0.25, 0.3) is 10.1 Å². The van der Waals surface area contributed by atoms with Crippen molar-refractivity contribution in [2.45, 2.75) is 26.4 Å². The second-order valence-electron chi connectivity index (χ2n) is 5.04. The van der Waals surface area contributed by atoms with Gasteiger partial charge in [0.1, 0.15) is 0 Å². The molecule has 1 N–H and O–H groups in total. The zero-order valence-electron chi connectivity index (χ0n) is 11.9. The standard InChI is InChI=1S/C16H17N3OS/c1-12-4-7-19(18-12)8-5-16(20)17-11-13-2-3-15-14(10-13)6-9-21-15/h2-4,6-7,9-10H,5,8,11H2,1H3,(H,17,20). The summed E-state index contributed by atoms with van der Waals surface area (Å²) in [7, 11) is 0. The van der Waals surface area contributed by atoms with Crippen LogP contribution in [-0.2, 0) is 17.9 Å². The van der Waals surface area contributed by atoms with Crippen LogP contribution in [0, 0.1) is 6.92 Å². The monoisotopic (exact) mass is 299 g/mol. The number of fused-ring (bicyclic) bond motifs is 1. The molecule has 21 heavy (non-hydrogen) atoms. The number of amides is 1. The van der Waals surface area contributed by atoms with E-state index in [2.05, 4.69) is 40.1 Å². The van der Waals surface area contributed by atoms with Crippen LogP contribution in [0.3, 0.4) is 0 Å². The summed E-state index contributed by atoms with van der Waals surface area (Å²) in [5.41, 5.74) is 2.10. The Balaban J connectivity index is 1.50. The second kappa shape index (κ2) is 6.10. The largest absolute Gasteiger partial charge is 0.352 e. The summed E-state index contributed by atoms with van der Waals surface area (Å²) in [4.78, 5) is 11.9. The molecule has 0 fully saturated rings. The topological polar surface area (TPSA) is 46.9 Å². The Labute approximate surface area is 127 Å². The van der Waals surface area contributed by atoms with E-state index in [9.17, 15) is 4.79 Å². The quantitative estimate of drug-likeness (QED) is 0.787. The van der Waals surface area contributed by atoms with E-state index in [1.54, 1.807) is 16.0 Å². The molecule has 3 rings (SSSR count). The van der Waals surface area contributed by atoms with Crippen molar-refractivity contribution in [2.24, 2.45) is 0 Å². The normalized spacial score (nSPS) is 10.9. The summed E-state index contributed by atoms with van der Waals surface area (Å²) in [6.45, 7) is 3.13. The Morgan fingerprint density at radius 1 is 1.33 bits per heavy atom. The van der Waals surface area contributed by atoms with Gasteiger partial charge in [-0.05, 0) is 47.5 Å². The molecule has 0 unspecified atom stereocenters. The molecule has 0 spiro atoms. The molecule has 0 atom stereocenters. The molecule has 0 saturated carbocycles. The predicted molar refractivity (Wildman–Crippen MR) is 85.3 cm³/mol. The van der Waals surface area contributed by atoms with Crippen molar-refractivity contribution < 1.29 is 4.79 Å². The van der Waals surface area contributed by atoms with Crippen molar-refractivity contribution in [3.8, 4) is 0 Å². The summed E-state index contributed by atoms with van der Waals surface area (Å²) in [6, 6.07) is 10.3. The fraction of sp³-hybridized carbons (Fsp3) is 0.250. The lowest BCUT2D eigenvalue weighted by atomic mass is 10.1. The van der Waals surface area contributed by atoms with Crippen molar-refractivity contribution >= 4 is 27.3 Å². The van der Waals surface area contributed by atoms with Gasteiger partial charge in [-0.25, -0.2) is 0 Å². The molecule has 108 valence electrons. The number of nitrogens with one attached hydrogen (secondary N) is 1. The van der Waals surface area contributed by atoms with Crippen LogP contribution >= 0.6 is 11.3 Å². The van der Waals surface area contributed by atoms with Crippen molar-refractivity contribution in [1.82, 2.24) is 15.1 Å². The number of nitrogens with zero attached hydrogens (tertiary/aromatic N) is 2. The fourth-order valence-corrected chi connectivity index (χ4v) is 2.99. The van der Waals surface area contributed by atoms with Crippen LogP contribution < -0.4 is 5.32 Å². The van der Waals surface area contributed by atoms with Gasteiger partial charge in [0.2, 0.25) is 5.91 Å². The Kier molecular flexibility index (Phi) is 4.01. The number of carbonyl (C=O) groups is 1. The minimum Gasteiger partial charge on any atom is -0.352 e. The van der Waals surface area contributed by atoms with Gasteiger partial charge in [0.05, 0.1) is 5.69 Å². The van der Waals surface area contributed by atoms with E-state index in [4.69, 9.17) is 0 Å². The van der Waals surface area contributed by atoms with Crippen LogP contribution in [0.1, 0.15) is 17.7 Å². The summed E-state index contributed by atoms with van der Waals surface area (Å²) >= 11 is 1.73. The third-order valence-electron chi connectivity index (χ3n) is 3.35. The van der Waals surface area contributed by atoms with E-state index in [0.29, 0.717) is 19.5 Å². The third kappa shape index (κ3) is 3.49. The van der Waals surface area contributed by atoms with E-state index in [0.717, 1.165) is 11.3 Å². The molecule has 4 nitrogen and oxygen atoms in total. The van der Waals surface area contributed by atoms with Crippen LogP contribution in [0.15, 0.2) is 41.9 Å². The second-order valence-corrected chi connectivity index (χ2v) is 5.99. The third-order valence-corrected chi connectivity index (χ3v) is 4.25. The molecule has 3 aromatic rings. The molecule has 0 bridgehead atoms. The first-order chi connectivity index (χ1) is 10.2. The lowest BCUT2D eigenvalue weighted by molar-refractivity contribution is -0.121. The van der Waals surface area contributed by atoms with Gasteiger partial charge in [0, 0.05) is 30.4 Å². The van der Waals surface area contributed by atoms with Gasteiger partial charge in [0.25, 0.3) is 0 Å². The Morgan fingerprint density at radius 2 is 2.24 bits per heavy atom. The first-order valence-electron chi connectivity index (χ1n) is 6.93. The van der Waals surface area contributed by atoms with E-state index in [-0.39, 0.29) is 5.91 Å². The van der Waals surface area contributed by atoms with Crippen LogP contribution in [-0.4, -0.2) is 15.7 Å². The molecule has 0 aliphatic rings. The zero-order chi connectivity index (χ0) is 14.7. The van der Waals surface area contributed by atoms with Gasteiger partial charge < -0.3 is 5.32 Å². The fourth-order valence-electron chi connectivity index (χ4n) is 2.22. The molecule has 1 aromatic carbocycles. The maximum Gasteiger partial charge on any atom is 0.222 e. The molecule has 0 aliphatic heterocycles. The SMILES string of the molecule is Cc1ccn(CCC(=O)NCc2ccc3sccc3c2)n1. The van der Waals surface area contributed by atoms with Gasteiger partial charge in [-0.1, -0.05) is 6.07 Å². The summed E-state index contributed by atoms with van der Waals surface area (Å²) < 4.78 is 3.07. The lowest BCUT2D eigenvalue weighted by Gasteiger charge is -2.06. The molecule has 5 heteroatoms. The smallest absolute Gasteiger partial charge is 0.222 e. The predicted octanol–water partition coefficient (Wildman–Crippen LogP) is 3.11. The van der Waals surface area contributed by atoms with Gasteiger partial charge in [-0.15, -0.1) is 11.3 Å². The number of aromatic nitrogens is 2. The Hall–Kier alpha value is -2.14. The first kappa shape index (κ1) is 13.8. The molecular formula is C16H17N3OS. The van der Waals surface area contributed by atoms with Gasteiger partial charge in [0.15, 0.2) is 0 Å². The van der Waals surface area contributed by atoms with E-state index >= 15 is 0 Å². The number of thiophene rings is 1. The number of rotatable bonds is 5. The number of aryl methyl sites for hydroxylation is 2. The van der Waals surface area contributed by atoms with E-state index in [1.165, 1.54) is 10.1 Å². The van der Waals surface area contributed by atoms with Crippen LogP contribution in [0.5, 0.6) is 0 Å². The summed E-state index contributed by atoms with van der Waals surface area (Å²) in [5, 5.41) is 10.5. The van der Waals surface area contributed by atoms with Gasteiger partial charge >= 0.3 is 0 Å². The number of hydrogen-bond acceptors (Lipinski definition) is 3. The number of hydrogen-bond donors (Lipinski definition) is 1. The minimum absolute atomic E-state index is 0.0496. The highest BCUT2D eigenvalue weighted by atomic mass is 32.1. The van der Waals surface area contributed by atoms with Crippen LogP contribution in [0.4, 0.5) is 0 Å². The molecule has 2 aromatic heterocycles. The molecule has 0 saturated heterocycles. The first-order valence-corrected chi connectivity index (χ1v) is 7.81. The van der Waals surface area contributed by atoms with Crippen LogP contribution in [0.2, 0.25) is 0 Å². The Morgan fingerprint density at radius 3 is 3.05 bits per heavy atom. The zero-order valence-corrected chi connectivity index (χ0v) is 12.7. The number of carbonyl (C=O) groups excluding carboxylic acids is 1. The van der Waals surface area contributed by atoms with E-state index in [1.807, 2.05) is 19.2 Å². The summed E-state index contributed by atoms with van der Waals surface area (Å²) in [5.74, 6) is 0.0496. The minimum atomic E-state index is 0.0496. The van der Waals surface area contributed by atoms with Crippen molar-refractivity contribution in [3.05, 3.63) is 53.2 Å². The maximum absolute atomic E-state index is 11.9. The maximum atomic E-state index is 11.9. The molecule has 2 heterocycles. The Bertz CT molecular complexity index is 760. The van der Waals surface area contributed by atoms with Crippen molar-refractivity contribution in [3.63, 3.8) is 0 Å². The van der Waals surface area contributed by atoms with E-state index < -0.39 is 0 Å². The molecule has 1 amide bonds. The average molecular weight is 299 g/mol. The highest BCUT2D eigenvalue weighted by Gasteiger charge is 2.04. The van der Waals surface area contributed by atoms with Crippen molar-refractivity contribution in [1.29, 1.82) is 0 Å². The van der Waals surface area contributed by atoms with Gasteiger partial charge in [-0.3, -0.25) is 9.48 Å². The molecular weight excluding hydrogens is 282 g/mol. The highest BCUT2D eigenvalue weighted by Crippen LogP contribution is 2.21. The highest BCUT2D eigenvalue weighted by molar-refractivity contribution is 7.17. The number of benzene rings is 1. The lowest BCUT2D eigenvalue weighted by Crippen LogP contribution is -2.24. The van der Waals surface area contributed by atoms with Crippen molar-refractivity contribution in [2.75, 3.05) is 0 Å².